The molecule has 3 aromatic carbocycles. The Labute approximate surface area is 215 Å². The van der Waals surface area contributed by atoms with Crippen molar-refractivity contribution >= 4 is 28.5 Å². The molecule has 0 bridgehead atoms. The number of ether oxygens (including phenoxy) is 1. The van der Waals surface area contributed by atoms with Gasteiger partial charge in [0.1, 0.15) is 11.3 Å². The Bertz CT molecular complexity index is 1510. The van der Waals surface area contributed by atoms with E-state index in [0.29, 0.717) is 40.5 Å². The molecule has 0 radical (unpaired) electrons. The molecule has 1 aliphatic heterocycles. The first-order valence-corrected chi connectivity index (χ1v) is 12.6. The molecule has 4 aromatic rings. The van der Waals surface area contributed by atoms with Gasteiger partial charge in [-0.05, 0) is 61.2 Å². The van der Waals surface area contributed by atoms with Gasteiger partial charge in [-0.1, -0.05) is 66.9 Å². The van der Waals surface area contributed by atoms with E-state index in [2.05, 4.69) is 6.92 Å². The number of nitrogens with zero attached hydrogens (tertiary/aromatic N) is 1. The summed E-state index contributed by atoms with van der Waals surface area (Å²) in [6.45, 7) is 6.92. The Balaban J connectivity index is 1.66. The van der Waals surface area contributed by atoms with E-state index in [4.69, 9.17) is 20.8 Å². The lowest BCUT2D eigenvalue weighted by Gasteiger charge is -2.25. The smallest absolute Gasteiger partial charge is 0.291 e. The van der Waals surface area contributed by atoms with Gasteiger partial charge < -0.3 is 14.1 Å². The summed E-state index contributed by atoms with van der Waals surface area (Å²) >= 11 is 6.35. The van der Waals surface area contributed by atoms with Gasteiger partial charge in [0.25, 0.3) is 5.91 Å². The number of carbonyl (C=O) groups excluding carboxylic acids is 1. The Kier molecular flexibility index (Phi) is 6.59. The van der Waals surface area contributed by atoms with E-state index in [1.165, 1.54) is 0 Å². The number of unbranched alkanes of at least 4 members (excludes halogenated alkanes) is 1. The standard InChI is InChI=1S/C30H28ClNO4/c1-4-5-13-35-22-8-6-7-21(15-22)27-26-28(33)23-16-24(31)19(3)14-25(23)36-29(26)30(34)32(27)17-20-11-9-18(2)10-12-20/h6-12,14-16,27H,4-5,13,17H2,1-3H3. The molecule has 1 unspecified atom stereocenters. The Morgan fingerprint density at radius 1 is 1.03 bits per heavy atom. The van der Waals surface area contributed by atoms with Crippen LogP contribution in [-0.2, 0) is 6.54 Å². The van der Waals surface area contributed by atoms with E-state index in [0.717, 1.165) is 35.1 Å². The molecule has 36 heavy (non-hydrogen) atoms. The molecule has 1 atom stereocenters. The average Bonchev–Trinajstić information content (AvgIpc) is 3.14. The first-order chi connectivity index (χ1) is 17.4. The van der Waals surface area contributed by atoms with E-state index in [9.17, 15) is 9.59 Å². The Morgan fingerprint density at radius 3 is 2.56 bits per heavy atom. The maximum absolute atomic E-state index is 13.8. The van der Waals surface area contributed by atoms with Gasteiger partial charge in [0.05, 0.1) is 23.6 Å². The number of rotatable bonds is 7. The summed E-state index contributed by atoms with van der Waals surface area (Å²) in [5, 5.41) is 0.855. The van der Waals surface area contributed by atoms with Crippen LogP contribution < -0.4 is 10.2 Å². The highest BCUT2D eigenvalue weighted by molar-refractivity contribution is 6.32. The predicted octanol–water partition coefficient (Wildman–Crippen LogP) is 6.99. The van der Waals surface area contributed by atoms with E-state index in [1.807, 2.05) is 62.4 Å². The van der Waals surface area contributed by atoms with Crippen molar-refractivity contribution < 1.29 is 13.9 Å². The van der Waals surface area contributed by atoms with Crippen molar-refractivity contribution in [3.8, 4) is 5.75 Å². The van der Waals surface area contributed by atoms with Gasteiger partial charge in [0.15, 0.2) is 5.43 Å². The summed E-state index contributed by atoms with van der Waals surface area (Å²) in [4.78, 5) is 29.3. The van der Waals surface area contributed by atoms with Crippen LogP contribution in [0.15, 0.2) is 69.9 Å². The summed E-state index contributed by atoms with van der Waals surface area (Å²) in [5.41, 5.74) is 4.15. The normalized spacial score (nSPS) is 14.9. The number of hydrogen-bond acceptors (Lipinski definition) is 4. The average molecular weight is 502 g/mol. The quantitative estimate of drug-likeness (QED) is 0.256. The fraction of sp³-hybridized carbons (Fsp3) is 0.267. The number of hydrogen-bond donors (Lipinski definition) is 0. The molecule has 5 nitrogen and oxygen atoms in total. The van der Waals surface area contributed by atoms with Gasteiger partial charge in [-0.25, -0.2) is 0 Å². The zero-order chi connectivity index (χ0) is 25.4. The molecular formula is C30H28ClNO4. The van der Waals surface area contributed by atoms with Crippen LogP contribution in [0.25, 0.3) is 11.0 Å². The van der Waals surface area contributed by atoms with Gasteiger partial charge in [-0.15, -0.1) is 0 Å². The highest BCUT2D eigenvalue weighted by Crippen LogP contribution is 2.40. The molecule has 0 saturated heterocycles. The zero-order valence-corrected chi connectivity index (χ0v) is 21.4. The fourth-order valence-corrected chi connectivity index (χ4v) is 4.81. The second kappa shape index (κ2) is 9.82. The fourth-order valence-electron chi connectivity index (χ4n) is 4.65. The Hall–Kier alpha value is -3.57. The van der Waals surface area contributed by atoms with Crippen molar-refractivity contribution in [3.05, 3.63) is 109 Å². The molecule has 1 aromatic heterocycles. The predicted molar refractivity (Wildman–Crippen MR) is 142 cm³/mol. The van der Waals surface area contributed by atoms with Crippen molar-refractivity contribution in [3.63, 3.8) is 0 Å². The number of amides is 1. The minimum Gasteiger partial charge on any atom is -0.494 e. The van der Waals surface area contributed by atoms with Gasteiger partial charge in [0.2, 0.25) is 5.76 Å². The molecule has 0 fully saturated rings. The van der Waals surface area contributed by atoms with Crippen molar-refractivity contribution in [1.29, 1.82) is 0 Å². The van der Waals surface area contributed by atoms with Gasteiger partial charge in [-0.2, -0.15) is 0 Å². The first kappa shape index (κ1) is 24.1. The van der Waals surface area contributed by atoms with Crippen molar-refractivity contribution in [2.45, 2.75) is 46.2 Å². The number of benzene rings is 3. The molecule has 5 rings (SSSR count). The zero-order valence-electron chi connectivity index (χ0n) is 20.6. The highest BCUT2D eigenvalue weighted by atomic mass is 35.5. The maximum Gasteiger partial charge on any atom is 0.291 e. The molecule has 0 spiro atoms. The lowest BCUT2D eigenvalue weighted by Crippen LogP contribution is -2.29. The largest absolute Gasteiger partial charge is 0.494 e. The van der Waals surface area contributed by atoms with Crippen LogP contribution in [0.5, 0.6) is 5.75 Å². The molecular weight excluding hydrogens is 474 g/mol. The van der Waals surface area contributed by atoms with E-state index >= 15 is 0 Å². The highest BCUT2D eigenvalue weighted by Gasteiger charge is 2.43. The number of fused-ring (bicyclic) bond motifs is 2. The summed E-state index contributed by atoms with van der Waals surface area (Å²) in [6, 6.07) is 18.4. The molecule has 1 amide bonds. The molecule has 184 valence electrons. The molecule has 0 saturated carbocycles. The van der Waals surface area contributed by atoms with Gasteiger partial charge in [0, 0.05) is 11.6 Å². The van der Waals surface area contributed by atoms with Crippen LogP contribution in [0.2, 0.25) is 5.02 Å². The first-order valence-electron chi connectivity index (χ1n) is 12.2. The van der Waals surface area contributed by atoms with Gasteiger partial charge in [-0.3, -0.25) is 9.59 Å². The maximum atomic E-state index is 13.8. The van der Waals surface area contributed by atoms with Crippen molar-refractivity contribution in [1.82, 2.24) is 4.90 Å². The third-order valence-electron chi connectivity index (χ3n) is 6.66. The summed E-state index contributed by atoms with van der Waals surface area (Å²) in [7, 11) is 0. The Morgan fingerprint density at radius 2 is 1.81 bits per heavy atom. The van der Waals surface area contributed by atoms with E-state index < -0.39 is 6.04 Å². The summed E-state index contributed by atoms with van der Waals surface area (Å²) in [6.07, 6.45) is 1.98. The van der Waals surface area contributed by atoms with Crippen LogP contribution in [-0.4, -0.2) is 17.4 Å². The molecule has 0 N–H and O–H groups in total. The second-order valence-corrected chi connectivity index (χ2v) is 9.77. The molecule has 1 aliphatic rings. The number of aryl methyl sites for hydroxylation is 2. The van der Waals surface area contributed by atoms with Crippen LogP contribution in [0.3, 0.4) is 0 Å². The van der Waals surface area contributed by atoms with Crippen LogP contribution in [0.1, 0.15) is 64.2 Å². The molecule has 0 aliphatic carbocycles. The third-order valence-corrected chi connectivity index (χ3v) is 7.07. The minimum atomic E-state index is -0.607. The van der Waals surface area contributed by atoms with Crippen molar-refractivity contribution in [2.75, 3.05) is 6.61 Å². The van der Waals surface area contributed by atoms with Crippen LogP contribution >= 0.6 is 11.6 Å². The molecule has 6 heteroatoms. The lowest BCUT2D eigenvalue weighted by atomic mass is 9.97. The second-order valence-electron chi connectivity index (χ2n) is 9.37. The van der Waals surface area contributed by atoms with E-state index in [1.54, 1.807) is 17.0 Å². The minimum absolute atomic E-state index is 0.0867. The van der Waals surface area contributed by atoms with Gasteiger partial charge >= 0.3 is 0 Å². The number of halogens is 1. The van der Waals surface area contributed by atoms with Crippen molar-refractivity contribution in [2.24, 2.45) is 0 Å². The summed E-state index contributed by atoms with van der Waals surface area (Å²) < 4.78 is 12.0. The van der Waals surface area contributed by atoms with Crippen LogP contribution in [0, 0.1) is 13.8 Å². The lowest BCUT2D eigenvalue weighted by molar-refractivity contribution is 0.0714. The van der Waals surface area contributed by atoms with Crippen LogP contribution in [0.4, 0.5) is 0 Å². The SMILES string of the molecule is CCCCOc1cccc(C2c3c(oc4cc(C)c(Cl)cc4c3=O)C(=O)N2Cc2ccc(C)cc2)c1. The molecule has 2 heterocycles. The topological polar surface area (TPSA) is 59.8 Å². The number of carbonyl (C=O) groups is 1. The van der Waals surface area contributed by atoms with E-state index in [-0.39, 0.29) is 17.1 Å². The monoisotopic (exact) mass is 501 g/mol. The third kappa shape index (κ3) is 4.40. The summed E-state index contributed by atoms with van der Waals surface area (Å²) in [5.74, 6) is 0.490.